The maximum atomic E-state index is 13.8. The van der Waals surface area contributed by atoms with E-state index in [9.17, 15) is 9.59 Å². The van der Waals surface area contributed by atoms with Gasteiger partial charge in [-0.2, -0.15) is 4.98 Å². The van der Waals surface area contributed by atoms with Crippen LogP contribution in [-0.4, -0.2) is 57.7 Å². The Morgan fingerprint density at radius 1 is 1.15 bits per heavy atom. The van der Waals surface area contributed by atoms with Gasteiger partial charge in [0.25, 0.3) is 5.56 Å². The molecule has 1 atom stereocenters. The Morgan fingerprint density at radius 3 is 2.67 bits per heavy atom. The summed E-state index contributed by atoms with van der Waals surface area (Å²) < 4.78 is 7.41. The van der Waals surface area contributed by atoms with Crippen molar-refractivity contribution in [3.05, 3.63) is 52.4 Å². The first kappa shape index (κ1) is 21.6. The molecule has 1 aromatic carbocycles. The first-order chi connectivity index (χ1) is 16.0. The van der Waals surface area contributed by atoms with Crippen molar-refractivity contribution in [3.63, 3.8) is 0 Å². The Bertz CT molecular complexity index is 1250. The lowest BCUT2D eigenvalue weighted by Gasteiger charge is -2.26. The minimum absolute atomic E-state index is 0.0279. The van der Waals surface area contributed by atoms with Crippen molar-refractivity contribution in [2.24, 2.45) is 0 Å². The number of carbonyl (C=O) groups is 1. The number of benzene rings is 1. The summed E-state index contributed by atoms with van der Waals surface area (Å²) in [6.45, 7) is 6.24. The van der Waals surface area contributed by atoms with E-state index in [-0.39, 0.29) is 23.6 Å². The van der Waals surface area contributed by atoms with Crippen molar-refractivity contribution in [1.82, 2.24) is 19.4 Å². The van der Waals surface area contributed by atoms with Gasteiger partial charge in [-0.3, -0.25) is 14.2 Å². The maximum Gasteiger partial charge on any atom is 0.260 e. The van der Waals surface area contributed by atoms with Crippen molar-refractivity contribution in [2.75, 3.05) is 31.6 Å². The van der Waals surface area contributed by atoms with E-state index in [0.717, 1.165) is 42.3 Å². The monoisotopic (exact) mass is 447 g/mol. The van der Waals surface area contributed by atoms with Crippen molar-refractivity contribution < 1.29 is 9.53 Å². The van der Waals surface area contributed by atoms with E-state index in [1.165, 1.54) is 0 Å². The van der Waals surface area contributed by atoms with Gasteiger partial charge in [0, 0.05) is 62.5 Å². The van der Waals surface area contributed by atoms with Crippen LogP contribution < -0.4 is 10.9 Å². The first-order valence-electron chi connectivity index (χ1n) is 11.6. The molecular weight excluding hydrogens is 418 g/mol. The summed E-state index contributed by atoms with van der Waals surface area (Å²) in [6.07, 6.45) is 4.18. The van der Waals surface area contributed by atoms with E-state index in [1.54, 1.807) is 13.1 Å². The fourth-order valence-corrected chi connectivity index (χ4v) is 4.89. The van der Waals surface area contributed by atoms with Gasteiger partial charge in [-0.25, -0.2) is 4.98 Å². The zero-order valence-corrected chi connectivity index (χ0v) is 19.1. The molecule has 5 rings (SSSR count). The molecule has 2 saturated heterocycles. The Kier molecular flexibility index (Phi) is 5.85. The third-order valence-electron chi connectivity index (χ3n) is 6.73. The van der Waals surface area contributed by atoms with Crippen molar-refractivity contribution in [2.45, 2.75) is 45.2 Å². The molecule has 2 aliphatic heterocycles. The van der Waals surface area contributed by atoms with Gasteiger partial charge in [0.05, 0.1) is 0 Å². The van der Waals surface area contributed by atoms with Crippen molar-refractivity contribution in [1.29, 1.82) is 0 Å². The van der Waals surface area contributed by atoms with Crippen LogP contribution in [0, 0.1) is 6.92 Å². The summed E-state index contributed by atoms with van der Waals surface area (Å²) in [6, 6.07) is 9.99. The number of ether oxygens (including phenoxy) is 1. The average Bonchev–Trinajstić information content (AvgIpc) is 3.29. The Hall–Kier alpha value is -3.26. The number of amides is 1. The molecule has 8 nitrogen and oxygen atoms in total. The molecule has 33 heavy (non-hydrogen) atoms. The molecule has 3 aromatic rings. The molecule has 2 aromatic heterocycles. The smallest absolute Gasteiger partial charge is 0.260 e. The first-order valence-corrected chi connectivity index (χ1v) is 11.6. The highest BCUT2D eigenvalue weighted by molar-refractivity contribution is 5.82. The van der Waals surface area contributed by atoms with E-state index in [1.807, 2.05) is 46.7 Å². The van der Waals surface area contributed by atoms with Gasteiger partial charge < -0.3 is 15.0 Å². The number of pyridine rings is 1. The molecule has 0 radical (unpaired) electrons. The third kappa shape index (κ3) is 4.23. The van der Waals surface area contributed by atoms with E-state index in [0.29, 0.717) is 36.9 Å². The van der Waals surface area contributed by atoms with Crippen LogP contribution in [0.3, 0.4) is 0 Å². The summed E-state index contributed by atoms with van der Waals surface area (Å²) in [7, 11) is 0. The molecule has 1 N–H and O–H groups in total. The molecule has 0 spiro atoms. The number of anilines is 1. The zero-order chi connectivity index (χ0) is 22.9. The molecule has 8 heteroatoms. The lowest BCUT2D eigenvalue weighted by Crippen LogP contribution is -2.32. The predicted molar refractivity (Wildman–Crippen MR) is 127 cm³/mol. The summed E-state index contributed by atoms with van der Waals surface area (Å²) in [5.41, 5.74) is 3.27. The second-order valence-corrected chi connectivity index (χ2v) is 8.96. The summed E-state index contributed by atoms with van der Waals surface area (Å²) in [5.74, 6) is 0.567. The Labute approximate surface area is 192 Å². The second kappa shape index (κ2) is 8.94. The quantitative estimate of drug-likeness (QED) is 0.661. The molecule has 172 valence electrons. The van der Waals surface area contributed by atoms with E-state index in [4.69, 9.17) is 9.72 Å². The number of aromatic nitrogens is 3. The average molecular weight is 448 g/mol. The highest BCUT2D eigenvalue weighted by Gasteiger charge is 2.26. The van der Waals surface area contributed by atoms with Gasteiger partial charge in [0.2, 0.25) is 11.9 Å². The normalized spacial score (nSPS) is 19.2. The maximum absolute atomic E-state index is 13.8. The molecule has 1 unspecified atom stereocenters. The standard InChI is InChI=1S/C25H29N5O3/c1-16-5-3-4-6-21(16)22-13-18-14-26-25(27-19-7-10-29(15-19)17(2)31)28-23(18)30(24(22)32)20-8-11-33-12-9-20/h3-6,13-14,19-20H,7-12,15H2,1-2H3,(H,26,27,28). The number of nitrogens with one attached hydrogen (secondary N) is 1. The number of hydrogen-bond donors (Lipinski definition) is 1. The second-order valence-electron chi connectivity index (χ2n) is 8.96. The number of likely N-dealkylation sites (tertiary alicyclic amines) is 1. The van der Waals surface area contributed by atoms with Crippen LogP contribution in [0.1, 0.15) is 37.8 Å². The van der Waals surface area contributed by atoms with Gasteiger partial charge in [-0.15, -0.1) is 0 Å². The zero-order valence-electron chi connectivity index (χ0n) is 19.1. The van der Waals surface area contributed by atoms with Gasteiger partial charge in [-0.1, -0.05) is 24.3 Å². The lowest BCUT2D eigenvalue weighted by atomic mass is 10.00. The Morgan fingerprint density at radius 2 is 1.94 bits per heavy atom. The van der Waals surface area contributed by atoms with E-state index < -0.39 is 0 Å². The van der Waals surface area contributed by atoms with Crippen LogP contribution in [0.25, 0.3) is 22.2 Å². The molecule has 0 aliphatic carbocycles. The summed E-state index contributed by atoms with van der Waals surface area (Å²) in [4.78, 5) is 36.6. The molecular formula is C25H29N5O3. The van der Waals surface area contributed by atoms with E-state index in [2.05, 4.69) is 10.3 Å². The molecule has 2 aliphatic rings. The van der Waals surface area contributed by atoms with Crippen molar-refractivity contribution >= 4 is 22.9 Å². The minimum atomic E-state index is -0.0306. The highest BCUT2D eigenvalue weighted by Crippen LogP contribution is 2.28. The SMILES string of the molecule is CC(=O)N1CCC(Nc2ncc3cc(-c4ccccc4C)c(=O)n(C4CCOCC4)c3n2)C1. The molecule has 2 fully saturated rings. The fraction of sp³-hybridized carbons (Fsp3) is 0.440. The molecule has 1 amide bonds. The predicted octanol–water partition coefficient (Wildman–Crippen LogP) is 3.15. The van der Waals surface area contributed by atoms with Crippen LogP contribution in [0.15, 0.2) is 41.3 Å². The van der Waals surface area contributed by atoms with Gasteiger partial charge in [0.15, 0.2) is 0 Å². The van der Waals surface area contributed by atoms with Crippen LogP contribution in [-0.2, 0) is 9.53 Å². The number of hydrogen-bond acceptors (Lipinski definition) is 6. The van der Waals surface area contributed by atoms with E-state index >= 15 is 0 Å². The summed E-state index contributed by atoms with van der Waals surface area (Å²) >= 11 is 0. The third-order valence-corrected chi connectivity index (χ3v) is 6.73. The summed E-state index contributed by atoms with van der Waals surface area (Å²) in [5, 5.41) is 4.20. The minimum Gasteiger partial charge on any atom is -0.381 e. The number of carbonyl (C=O) groups excluding carboxylic acids is 1. The number of fused-ring (bicyclic) bond motifs is 1. The molecule has 0 bridgehead atoms. The Balaban J connectivity index is 1.59. The van der Waals surface area contributed by atoms with Crippen LogP contribution in [0.5, 0.6) is 0 Å². The topological polar surface area (TPSA) is 89.4 Å². The van der Waals surface area contributed by atoms with Gasteiger partial charge in [0.1, 0.15) is 5.65 Å². The van der Waals surface area contributed by atoms with Crippen LogP contribution >= 0.6 is 0 Å². The lowest BCUT2D eigenvalue weighted by molar-refractivity contribution is -0.127. The van der Waals surface area contributed by atoms with Gasteiger partial charge >= 0.3 is 0 Å². The fourth-order valence-electron chi connectivity index (χ4n) is 4.89. The van der Waals surface area contributed by atoms with Gasteiger partial charge in [-0.05, 0) is 43.4 Å². The largest absolute Gasteiger partial charge is 0.381 e. The highest BCUT2D eigenvalue weighted by atomic mass is 16.5. The number of aryl methyl sites for hydroxylation is 1. The van der Waals surface area contributed by atoms with Crippen LogP contribution in [0.4, 0.5) is 5.95 Å². The number of rotatable bonds is 4. The molecule has 0 saturated carbocycles. The van der Waals surface area contributed by atoms with Crippen molar-refractivity contribution in [3.8, 4) is 11.1 Å². The number of nitrogens with zero attached hydrogens (tertiary/aromatic N) is 4. The molecule has 4 heterocycles. The van der Waals surface area contributed by atoms with Crippen LogP contribution in [0.2, 0.25) is 0 Å².